The summed E-state index contributed by atoms with van der Waals surface area (Å²) in [6.45, 7) is 6.60. The van der Waals surface area contributed by atoms with E-state index < -0.39 is 0 Å². The maximum atomic E-state index is 5.65. The van der Waals surface area contributed by atoms with Crippen molar-refractivity contribution in [1.29, 1.82) is 0 Å². The van der Waals surface area contributed by atoms with Crippen LogP contribution in [0.2, 0.25) is 0 Å². The van der Waals surface area contributed by atoms with Crippen LogP contribution in [0, 0.1) is 0 Å². The van der Waals surface area contributed by atoms with Crippen molar-refractivity contribution in [2.24, 2.45) is 5.84 Å². The molecule has 0 spiro atoms. The van der Waals surface area contributed by atoms with Crippen LogP contribution in [0.5, 0.6) is 0 Å². The Bertz CT molecular complexity index is 514. The molecule has 0 fully saturated rings. The minimum Gasteiger partial charge on any atom is -0.271 e. The van der Waals surface area contributed by atoms with Crippen LogP contribution in [-0.2, 0) is 5.41 Å². The minimum absolute atomic E-state index is 0.114. The maximum absolute atomic E-state index is 5.65. The predicted octanol–water partition coefficient (Wildman–Crippen LogP) is 2.33. The maximum Gasteiger partial charge on any atom is 0.115 e. The van der Waals surface area contributed by atoms with Crippen molar-refractivity contribution in [2.45, 2.75) is 32.2 Å². The number of nitrogens with one attached hydrogen (secondary N) is 1. The summed E-state index contributed by atoms with van der Waals surface area (Å²) in [5.74, 6) is 5.65. The molecule has 0 saturated carbocycles. The lowest BCUT2D eigenvalue weighted by molar-refractivity contribution is 0.587. The predicted molar refractivity (Wildman–Crippen MR) is 76.3 cm³/mol. The van der Waals surface area contributed by atoms with Gasteiger partial charge in [-0.25, -0.2) is 15.4 Å². The van der Waals surface area contributed by atoms with Gasteiger partial charge in [0.1, 0.15) is 6.33 Å². The summed E-state index contributed by atoms with van der Waals surface area (Å²) in [7, 11) is 0. The van der Waals surface area contributed by atoms with E-state index in [2.05, 4.69) is 60.4 Å². The molecule has 0 radical (unpaired) electrons. The standard InChI is InChI=1S/C15H20N4/c1-15(2,3)12-6-4-11(5-7-12)14(19-16)13-8-9-17-10-18-13/h4-10,14,19H,16H2,1-3H3. The van der Waals surface area contributed by atoms with Gasteiger partial charge in [-0.1, -0.05) is 45.0 Å². The Balaban J connectivity index is 2.30. The normalized spacial score (nSPS) is 13.3. The first-order valence-electron chi connectivity index (χ1n) is 6.35. The Labute approximate surface area is 114 Å². The zero-order valence-electron chi connectivity index (χ0n) is 11.6. The van der Waals surface area contributed by atoms with E-state index in [1.165, 1.54) is 11.9 Å². The van der Waals surface area contributed by atoms with Crippen LogP contribution in [0.4, 0.5) is 0 Å². The third-order valence-corrected chi connectivity index (χ3v) is 3.18. The number of rotatable bonds is 3. The highest BCUT2D eigenvalue weighted by atomic mass is 15.2. The summed E-state index contributed by atoms with van der Waals surface area (Å²) in [6, 6.07) is 10.2. The van der Waals surface area contributed by atoms with Crippen LogP contribution in [0.25, 0.3) is 0 Å². The van der Waals surface area contributed by atoms with Gasteiger partial charge in [0.25, 0.3) is 0 Å². The van der Waals surface area contributed by atoms with Crippen molar-refractivity contribution >= 4 is 0 Å². The Morgan fingerprint density at radius 2 is 1.79 bits per heavy atom. The molecule has 0 bridgehead atoms. The number of aromatic nitrogens is 2. The number of benzene rings is 1. The van der Waals surface area contributed by atoms with E-state index in [9.17, 15) is 0 Å². The fraction of sp³-hybridized carbons (Fsp3) is 0.333. The smallest absolute Gasteiger partial charge is 0.115 e. The van der Waals surface area contributed by atoms with Crippen LogP contribution < -0.4 is 11.3 Å². The highest BCUT2D eigenvalue weighted by molar-refractivity contribution is 5.32. The van der Waals surface area contributed by atoms with Crippen molar-refractivity contribution < 1.29 is 0 Å². The largest absolute Gasteiger partial charge is 0.271 e. The van der Waals surface area contributed by atoms with Crippen molar-refractivity contribution in [1.82, 2.24) is 15.4 Å². The van der Waals surface area contributed by atoms with Gasteiger partial charge >= 0.3 is 0 Å². The average Bonchev–Trinajstić information content (AvgIpc) is 2.40. The number of hydrogen-bond acceptors (Lipinski definition) is 4. The molecule has 3 N–H and O–H groups in total. The summed E-state index contributed by atoms with van der Waals surface area (Å²) >= 11 is 0. The number of nitrogens with two attached hydrogens (primary N) is 1. The molecule has 4 nitrogen and oxygen atoms in total. The second-order valence-electron chi connectivity index (χ2n) is 5.61. The van der Waals surface area contributed by atoms with E-state index in [4.69, 9.17) is 5.84 Å². The SMILES string of the molecule is CC(C)(C)c1ccc(C(NN)c2ccncn2)cc1. The molecule has 0 aliphatic heterocycles. The third-order valence-electron chi connectivity index (χ3n) is 3.18. The zero-order chi connectivity index (χ0) is 13.9. The van der Waals surface area contributed by atoms with Gasteiger partial charge < -0.3 is 0 Å². The monoisotopic (exact) mass is 256 g/mol. The van der Waals surface area contributed by atoms with Gasteiger partial charge in [0, 0.05) is 6.20 Å². The first kappa shape index (κ1) is 13.6. The minimum atomic E-state index is -0.114. The van der Waals surface area contributed by atoms with Crippen LogP contribution in [0.15, 0.2) is 42.9 Å². The van der Waals surface area contributed by atoms with E-state index >= 15 is 0 Å². The Hall–Kier alpha value is -1.78. The molecule has 1 unspecified atom stereocenters. The highest BCUT2D eigenvalue weighted by Gasteiger charge is 2.16. The fourth-order valence-electron chi connectivity index (χ4n) is 2.00. The zero-order valence-corrected chi connectivity index (χ0v) is 11.6. The number of nitrogens with zero attached hydrogens (tertiary/aromatic N) is 2. The lowest BCUT2D eigenvalue weighted by Gasteiger charge is -2.21. The first-order chi connectivity index (χ1) is 9.02. The first-order valence-corrected chi connectivity index (χ1v) is 6.35. The molecule has 1 atom stereocenters. The summed E-state index contributed by atoms with van der Waals surface area (Å²) in [6.07, 6.45) is 3.25. The van der Waals surface area contributed by atoms with Gasteiger partial charge in [0.05, 0.1) is 11.7 Å². The van der Waals surface area contributed by atoms with Gasteiger partial charge in [0.2, 0.25) is 0 Å². The van der Waals surface area contributed by atoms with Gasteiger partial charge in [-0.2, -0.15) is 0 Å². The molecular weight excluding hydrogens is 236 g/mol. The highest BCUT2D eigenvalue weighted by Crippen LogP contribution is 2.25. The molecular formula is C15H20N4. The quantitative estimate of drug-likeness (QED) is 0.653. The lowest BCUT2D eigenvalue weighted by atomic mass is 9.86. The van der Waals surface area contributed by atoms with Crippen LogP contribution >= 0.6 is 0 Å². The van der Waals surface area contributed by atoms with Crippen LogP contribution in [0.3, 0.4) is 0 Å². The molecule has 19 heavy (non-hydrogen) atoms. The van der Waals surface area contributed by atoms with E-state index in [1.807, 2.05) is 6.07 Å². The third kappa shape index (κ3) is 3.16. The van der Waals surface area contributed by atoms with Crippen molar-refractivity contribution in [3.8, 4) is 0 Å². The molecule has 1 aromatic heterocycles. The van der Waals surface area contributed by atoms with Crippen LogP contribution in [0.1, 0.15) is 43.6 Å². The van der Waals surface area contributed by atoms with E-state index in [-0.39, 0.29) is 11.5 Å². The van der Waals surface area contributed by atoms with E-state index in [0.29, 0.717) is 0 Å². The van der Waals surface area contributed by atoms with Gasteiger partial charge in [-0.3, -0.25) is 5.84 Å². The Morgan fingerprint density at radius 3 is 2.26 bits per heavy atom. The van der Waals surface area contributed by atoms with E-state index in [1.54, 1.807) is 6.20 Å². The summed E-state index contributed by atoms with van der Waals surface area (Å²) in [5.41, 5.74) is 6.21. The molecule has 1 aromatic carbocycles. The number of hydrazine groups is 1. The second-order valence-corrected chi connectivity index (χ2v) is 5.61. The Morgan fingerprint density at radius 1 is 1.11 bits per heavy atom. The van der Waals surface area contributed by atoms with Gasteiger partial charge in [0.15, 0.2) is 0 Å². The fourth-order valence-corrected chi connectivity index (χ4v) is 2.00. The van der Waals surface area contributed by atoms with Crippen molar-refractivity contribution in [3.05, 3.63) is 59.7 Å². The molecule has 100 valence electrons. The molecule has 1 heterocycles. The molecule has 0 aliphatic carbocycles. The van der Waals surface area contributed by atoms with Crippen molar-refractivity contribution in [3.63, 3.8) is 0 Å². The molecule has 0 aliphatic rings. The Kier molecular flexibility index (Phi) is 3.93. The topological polar surface area (TPSA) is 63.8 Å². The lowest BCUT2D eigenvalue weighted by Crippen LogP contribution is -2.29. The van der Waals surface area contributed by atoms with Crippen LogP contribution in [-0.4, -0.2) is 9.97 Å². The number of hydrogen-bond donors (Lipinski definition) is 2. The average molecular weight is 256 g/mol. The molecule has 2 aromatic rings. The second kappa shape index (κ2) is 5.47. The summed E-state index contributed by atoms with van der Waals surface area (Å²) in [4.78, 5) is 8.17. The molecule has 2 rings (SSSR count). The van der Waals surface area contributed by atoms with E-state index in [0.717, 1.165) is 11.3 Å². The summed E-state index contributed by atoms with van der Waals surface area (Å²) in [5, 5.41) is 0. The molecule has 0 amide bonds. The van der Waals surface area contributed by atoms with Gasteiger partial charge in [-0.15, -0.1) is 0 Å². The van der Waals surface area contributed by atoms with Crippen molar-refractivity contribution in [2.75, 3.05) is 0 Å². The van der Waals surface area contributed by atoms with Gasteiger partial charge in [-0.05, 0) is 22.6 Å². The summed E-state index contributed by atoms with van der Waals surface area (Å²) < 4.78 is 0. The molecule has 0 saturated heterocycles. The molecule has 4 heteroatoms.